The Morgan fingerprint density at radius 3 is 2.74 bits per heavy atom. The molecular formula is C22H19N3OS. The summed E-state index contributed by atoms with van der Waals surface area (Å²) in [5.74, 6) is -0.0997. The molecule has 1 amide bonds. The van der Waals surface area contributed by atoms with Crippen LogP contribution < -0.4 is 5.32 Å². The average Bonchev–Trinajstić information content (AvgIpc) is 3.17. The molecule has 0 aliphatic carbocycles. The van der Waals surface area contributed by atoms with Gasteiger partial charge in [0.2, 0.25) is 5.91 Å². The van der Waals surface area contributed by atoms with Crippen molar-refractivity contribution in [1.82, 2.24) is 4.90 Å². The van der Waals surface area contributed by atoms with Crippen molar-refractivity contribution in [3.63, 3.8) is 0 Å². The zero-order valence-corrected chi connectivity index (χ0v) is 15.6. The van der Waals surface area contributed by atoms with E-state index in [2.05, 4.69) is 39.9 Å². The van der Waals surface area contributed by atoms with Gasteiger partial charge in [-0.2, -0.15) is 5.26 Å². The first-order chi connectivity index (χ1) is 13.3. The minimum absolute atomic E-state index is 0.0816. The van der Waals surface area contributed by atoms with Crippen LogP contribution in [0.4, 0.5) is 5.69 Å². The van der Waals surface area contributed by atoms with E-state index in [1.165, 1.54) is 16.0 Å². The third-order valence-corrected chi connectivity index (χ3v) is 5.85. The third-order valence-electron chi connectivity index (χ3n) is 4.85. The molecule has 0 spiro atoms. The Morgan fingerprint density at radius 2 is 1.93 bits per heavy atom. The summed E-state index contributed by atoms with van der Waals surface area (Å²) < 4.78 is 0. The molecule has 0 bridgehead atoms. The molecule has 1 atom stereocenters. The molecule has 2 aromatic carbocycles. The number of nitrogens with zero attached hydrogens (tertiary/aromatic N) is 2. The number of para-hydroxylation sites is 1. The fraction of sp³-hybridized carbons (Fsp3) is 0.182. The quantitative estimate of drug-likeness (QED) is 0.745. The van der Waals surface area contributed by atoms with E-state index in [1.807, 2.05) is 24.3 Å². The zero-order valence-electron chi connectivity index (χ0n) is 14.8. The smallest absolute Gasteiger partial charge is 0.238 e. The van der Waals surface area contributed by atoms with E-state index in [-0.39, 0.29) is 18.5 Å². The van der Waals surface area contributed by atoms with Gasteiger partial charge >= 0.3 is 0 Å². The van der Waals surface area contributed by atoms with Crippen LogP contribution in [0.3, 0.4) is 0 Å². The minimum atomic E-state index is -0.0997. The van der Waals surface area contributed by atoms with Crippen molar-refractivity contribution in [2.24, 2.45) is 0 Å². The second-order valence-electron chi connectivity index (χ2n) is 6.54. The van der Waals surface area contributed by atoms with E-state index in [1.54, 1.807) is 29.5 Å². The van der Waals surface area contributed by atoms with Gasteiger partial charge in [-0.3, -0.25) is 9.69 Å². The maximum Gasteiger partial charge on any atom is 0.238 e. The van der Waals surface area contributed by atoms with Crippen molar-refractivity contribution in [3.8, 4) is 6.07 Å². The standard InChI is InChI=1S/C22H19N3OS/c23-14-17-8-4-5-9-19(17)24-21(26)15-25-12-10-20-18(11-13-27-20)22(25)16-6-2-1-3-7-16/h1-9,11,13,22H,10,12,15H2,(H,24,26)/t22-/m1/s1. The maximum atomic E-state index is 12.7. The van der Waals surface area contributed by atoms with Crippen molar-refractivity contribution in [2.45, 2.75) is 12.5 Å². The van der Waals surface area contributed by atoms with Gasteiger partial charge in [-0.05, 0) is 41.1 Å². The van der Waals surface area contributed by atoms with Crippen LogP contribution in [0.15, 0.2) is 66.0 Å². The summed E-state index contributed by atoms with van der Waals surface area (Å²) in [5.41, 5.74) is 3.53. The summed E-state index contributed by atoms with van der Waals surface area (Å²) in [6.45, 7) is 1.12. The lowest BCUT2D eigenvalue weighted by atomic mass is 9.93. The number of hydrogen-bond acceptors (Lipinski definition) is 4. The molecule has 134 valence electrons. The van der Waals surface area contributed by atoms with E-state index in [0.717, 1.165) is 13.0 Å². The average molecular weight is 373 g/mol. The Balaban J connectivity index is 1.57. The normalized spacial score (nSPS) is 16.3. The lowest BCUT2D eigenvalue weighted by molar-refractivity contribution is -0.117. The maximum absolute atomic E-state index is 12.7. The molecule has 4 nitrogen and oxygen atoms in total. The van der Waals surface area contributed by atoms with E-state index in [9.17, 15) is 10.1 Å². The van der Waals surface area contributed by atoms with Crippen LogP contribution >= 0.6 is 11.3 Å². The Bertz CT molecular complexity index is 990. The van der Waals surface area contributed by atoms with Crippen LogP contribution in [0.2, 0.25) is 0 Å². The highest BCUT2D eigenvalue weighted by atomic mass is 32.1. The number of fused-ring (bicyclic) bond motifs is 1. The van der Waals surface area contributed by atoms with Gasteiger partial charge in [0.25, 0.3) is 0 Å². The van der Waals surface area contributed by atoms with Crippen LogP contribution in [0.1, 0.15) is 27.6 Å². The number of rotatable bonds is 4. The monoisotopic (exact) mass is 373 g/mol. The highest BCUT2D eigenvalue weighted by molar-refractivity contribution is 7.10. The van der Waals surface area contributed by atoms with Crippen molar-refractivity contribution in [1.29, 1.82) is 5.26 Å². The van der Waals surface area contributed by atoms with Gasteiger partial charge in [-0.1, -0.05) is 42.5 Å². The zero-order chi connectivity index (χ0) is 18.6. The first kappa shape index (κ1) is 17.5. The Labute approximate surface area is 162 Å². The summed E-state index contributed by atoms with van der Waals surface area (Å²) in [6.07, 6.45) is 0.957. The summed E-state index contributed by atoms with van der Waals surface area (Å²) >= 11 is 1.79. The lowest BCUT2D eigenvalue weighted by Crippen LogP contribution is -2.40. The topological polar surface area (TPSA) is 56.1 Å². The molecule has 2 heterocycles. The first-order valence-corrected chi connectivity index (χ1v) is 9.78. The predicted octanol–water partition coefficient (Wildman–Crippen LogP) is 4.21. The highest BCUT2D eigenvalue weighted by Crippen LogP contribution is 2.37. The number of benzene rings is 2. The van der Waals surface area contributed by atoms with Gasteiger partial charge in [-0.25, -0.2) is 0 Å². The van der Waals surface area contributed by atoms with Gasteiger partial charge in [0.15, 0.2) is 0 Å². The number of thiophene rings is 1. The number of hydrogen-bond donors (Lipinski definition) is 1. The van der Waals surface area contributed by atoms with Crippen LogP contribution in [-0.2, 0) is 11.2 Å². The number of amides is 1. The molecule has 4 rings (SSSR count). The van der Waals surface area contributed by atoms with Gasteiger partial charge in [0, 0.05) is 11.4 Å². The molecular weight excluding hydrogens is 354 g/mol. The van der Waals surface area contributed by atoms with Gasteiger partial charge < -0.3 is 5.32 Å². The molecule has 27 heavy (non-hydrogen) atoms. The largest absolute Gasteiger partial charge is 0.324 e. The predicted molar refractivity (Wildman–Crippen MR) is 108 cm³/mol. The lowest BCUT2D eigenvalue weighted by Gasteiger charge is -2.35. The number of nitrogens with one attached hydrogen (secondary N) is 1. The number of anilines is 1. The minimum Gasteiger partial charge on any atom is -0.324 e. The summed E-state index contributed by atoms with van der Waals surface area (Å²) in [5, 5.41) is 14.2. The van der Waals surface area contributed by atoms with Gasteiger partial charge in [-0.15, -0.1) is 11.3 Å². The van der Waals surface area contributed by atoms with Crippen molar-refractivity contribution in [2.75, 3.05) is 18.4 Å². The molecule has 1 aliphatic heterocycles. The van der Waals surface area contributed by atoms with E-state index < -0.39 is 0 Å². The Morgan fingerprint density at radius 1 is 1.15 bits per heavy atom. The number of carbonyl (C=O) groups is 1. The molecule has 1 N–H and O–H groups in total. The van der Waals surface area contributed by atoms with Crippen LogP contribution in [0, 0.1) is 11.3 Å². The molecule has 0 unspecified atom stereocenters. The summed E-state index contributed by atoms with van der Waals surface area (Å²) in [4.78, 5) is 16.3. The molecule has 1 aromatic heterocycles. The van der Waals surface area contributed by atoms with Crippen molar-refractivity contribution < 1.29 is 4.79 Å². The number of carbonyl (C=O) groups excluding carboxylic acids is 1. The second-order valence-corrected chi connectivity index (χ2v) is 7.54. The van der Waals surface area contributed by atoms with Crippen LogP contribution in [0.25, 0.3) is 0 Å². The van der Waals surface area contributed by atoms with Gasteiger partial charge in [0.1, 0.15) is 6.07 Å². The molecule has 3 aromatic rings. The number of nitriles is 1. The van der Waals surface area contributed by atoms with Crippen LogP contribution in [-0.4, -0.2) is 23.9 Å². The second kappa shape index (κ2) is 7.75. The Hall–Kier alpha value is -2.94. The van der Waals surface area contributed by atoms with Crippen molar-refractivity contribution in [3.05, 3.63) is 87.6 Å². The first-order valence-electron chi connectivity index (χ1n) is 8.90. The molecule has 0 saturated heterocycles. The fourth-order valence-corrected chi connectivity index (χ4v) is 4.53. The van der Waals surface area contributed by atoms with Crippen LogP contribution in [0.5, 0.6) is 0 Å². The van der Waals surface area contributed by atoms with Gasteiger partial charge in [0.05, 0.1) is 23.8 Å². The molecule has 0 saturated carbocycles. The molecule has 0 radical (unpaired) electrons. The van der Waals surface area contributed by atoms with E-state index >= 15 is 0 Å². The SMILES string of the molecule is N#Cc1ccccc1NC(=O)CN1CCc2sccc2[C@H]1c1ccccc1. The van der Waals surface area contributed by atoms with E-state index in [4.69, 9.17) is 0 Å². The fourth-order valence-electron chi connectivity index (χ4n) is 3.63. The Kier molecular flexibility index (Phi) is 5.01. The third kappa shape index (κ3) is 3.63. The molecule has 5 heteroatoms. The molecule has 0 fully saturated rings. The highest BCUT2D eigenvalue weighted by Gasteiger charge is 2.30. The van der Waals surface area contributed by atoms with E-state index in [0.29, 0.717) is 11.3 Å². The molecule has 1 aliphatic rings. The van der Waals surface area contributed by atoms with Crippen molar-refractivity contribution >= 4 is 22.9 Å². The summed E-state index contributed by atoms with van der Waals surface area (Å²) in [7, 11) is 0. The summed E-state index contributed by atoms with van der Waals surface area (Å²) in [6, 6.07) is 21.8.